The summed E-state index contributed by atoms with van der Waals surface area (Å²) in [6, 6.07) is -0.621. The molecule has 1 amide bonds. The van der Waals surface area contributed by atoms with Gasteiger partial charge in [0, 0.05) is 6.42 Å². The minimum atomic E-state index is -0.838. The SMILES string of the molecule is CCCCCCCCCCCCCC/C=C\CCCCCCCCCCCCCCCCCC(=O)NC(CO)C(O)/C=C/CCCCCCCCCCCCCCCCCCCCCC. The largest absolute Gasteiger partial charge is 0.394 e. The first-order valence-electron chi connectivity index (χ1n) is 30.1. The molecule has 3 N–H and O–H groups in total. The lowest BCUT2D eigenvalue weighted by Crippen LogP contribution is -2.45. The Hall–Kier alpha value is -1.13. The Labute approximate surface area is 409 Å². The molecule has 0 aliphatic rings. The van der Waals surface area contributed by atoms with E-state index in [1.54, 1.807) is 6.08 Å². The van der Waals surface area contributed by atoms with Crippen molar-refractivity contribution in [3.63, 3.8) is 0 Å². The van der Waals surface area contributed by atoms with Crippen molar-refractivity contribution in [2.45, 2.75) is 353 Å². The predicted molar refractivity (Wildman–Crippen MR) is 290 cm³/mol. The molecule has 0 radical (unpaired) electrons. The zero-order valence-corrected chi connectivity index (χ0v) is 44.5. The average molecular weight is 915 g/mol. The number of amides is 1. The summed E-state index contributed by atoms with van der Waals surface area (Å²) < 4.78 is 0. The van der Waals surface area contributed by atoms with Crippen LogP contribution in [0.4, 0.5) is 0 Å². The van der Waals surface area contributed by atoms with Crippen LogP contribution in [0.5, 0.6) is 0 Å². The molecule has 0 aromatic carbocycles. The third-order valence-corrected chi connectivity index (χ3v) is 14.2. The summed E-state index contributed by atoms with van der Waals surface area (Å²) in [5.41, 5.74) is 0. The zero-order chi connectivity index (χ0) is 47.0. The molecule has 386 valence electrons. The Kier molecular flexibility index (Phi) is 56.2. The second-order valence-corrected chi connectivity index (χ2v) is 20.8. The van der Waals surface area contributed by atoms with Crippen LogP contribution in [0.1, 0.15) is 341 Å². The summed E-state index contributed by atoms with van der Waals surface area (Å²) in [5.74, 6) is -0.0573. The van der Waals surface area contributed by atoms with Gasteiger partial charge < -0.3 is 15.5 Å². The fraction of sp³-hybridized carbons (Fsp3) is 0.918. The van der Waals surface area contributed by atoms with Crippen LogP contribution in [0.15, 0.2) is 24.3 Å². The average Bonchev–Trinajstić information content (AvgIpc) is 3.31. The number of carbonyl (C=O) groups is 1. The first-order valence-corrected chi connectivity index (χ1v) is 30.1. The van der Waals surface area contributed by atoms with E-state index in [0.717, 1.165) is 25.7 Å². The van der Waals surface area contributed by atoms with Crippen LogP contribution >= 0.6 is 0 Å². The quantitative estimate of drug-likeness (QED) is 0.0421. The van der Waals surface area contributed by atoms with Crippen molar-refractivity contribution in [1.82, 2.24) is 5.32 Å². The van der Waals surface area contributed by atoms with E-state index >= 15 is 0 Å². The normalized spacial score (nSPS) is 12.9. The first-order chi connectivity index (χ1) is 32.2. The molecule has 0 aromatic rings. The van der Waals surface area contributed by atoms with Crippen molar-refractivity contribution < 1.29 is 15.0 Å². The minimum absolute atomic E-state index is 0.0573. The topological polar surface area (TPSA) is 69.6 Å². The Morgan fingerprint density at radius 2 is 0.585 bits per heavy atom. The van der Waals surface area contributed by atoms with E-state index in [-0.39, 0.29) is 12.5 Å². The number of carbonyl (C=O) groups excluding carboxylic acids is 1. The lowest BCUT2D eigenvalue weighted by atomic mass is 10.0. The van der Waals surface area contributed by atoms with Gasteiger partial charge in [0.25, 0.3) is 0 Å². The van der Waals surface area contributed by atoms with E-state index in [1.807, 2.05) is 6.08 Å². The second kappa shape index (κ2) is 57.2. The standard InChI is InChI=1S/C61H119NO3/c1-3-5-7-9-11-13-15-17-19-21-23-25-27-28-29-30-31-32-33-34-35-37-39-41-43-45-47-49-51-53-55-57-61(65)62-59(58-63)60(64)56-54-52-50-48-46-44-42-40-38-36-26-24-22-20-18-16-14-12-10-8-6-4-2/h28-29,54,56,59-60,63-64H,3-27,30-53,55,57-58H2,1-2H3,(H,62,65)/b29-28-,56-54+. The van der Waals surface area contributed by atoms with Gasteiger partial charge in [0.05, 0.1) is 18.8 Å². The molecular formula is C61H119NO3. The Balaban J connectivity index is 3.44. The number of hydrogen-bond donors (Lipinski definition) is 3. The van der Waals surface area contributed by atoms with Crippen LogP contribution in [0.3, 0.4) is 0 Å². The van der Waals surface area contributed by atoms with Gasteiger partial charge in [0.2, 0.25) is 5.91 Å². The molecular weight excluding hydrogens is 795 g/mol. The monoisotopic (exact) mass is 914 g/mol. The van der Waals surface area contributed by atoms with Crippen molar-refractivity contribution >= 4 is 5.91 Å². The molecule has 0 saturated carbocycles. The fourth-order valence-electron chi connectivity index (χ4n) is 9.59. The van der Waals surface area contributed by atoms with Gasteiger partial charge >= 0.3 is 0 Å². The van der Waals surface area contributed by atoms with Crippen LogP contribution in [0.25, 0.3) is 0 Å². The Morgan fingerprint density at radius 3 is 0.846 bits per heavy atom. The lowest BCUT2D eigenvalue weighted by Gasteiger charge is -2.20. The third kappa shape index (κ3) is 53.7. The van der Waals surface area contributed by atoms with Gasteiger partial charge in [-0.15, -0.1) is 0 Å². The van der Waals surface area contributed by atoms with E-state index in [9.17, 15) is 15.0 Å². The van der Waals surface area contributed by atoms with Crippen LogP contribution in [-0.4, -0.2) is 34.9 Å². The van der Waals surface area contributed by atoms with Crippen molar-refractivity contribution in [3.8, 4) is 0 Å². The van der Waals surface area contributed by atoms with E-state index in [2.05, 4.69) is 31.3 Å². The number of hydrogen-bond acceptors (Lipinski definition) is 3. The summed E-state index contributed by atoms with van der Waals surface area (Å²) in [7, 11) is 0. The van der Waals surface area contributed by atoms with Crippen molar-refractivity contribution in [2.24, 2.45) is 0 Å². The molecule has 0 aromatic heterocycles. The van der Waals surface area contributed by atoms with E-state index in [4.69, 9.17) is 0 Å². The molecule has 4 heteroatoms. The molecule has 0 fully saturated rings. The molecule has 65 heavy (non-hydrogen) atoms. The summed E-state index contributed by atoms with van der Waals surface area (Å²) in [6.45, 7) is 4.35. The first kappa shape index (κ1) is 63.9. The highest BCUT2D eigenvalue weighted by molar-refractivity contribution is 5.76. The van der Waals surface area contributed by atoms with Crippen LogP contribution in [0.2, 0.25) is 0 Å². The van der Waals surface area contributed by atoms with Crippen molar-refractivity contribution in [3.05, 3.63) is 24.3 Å². The number of aliphatic hydroxyl groups excluding tert-OH is 2. The van der Waals surface area contributed by atoms with Gasteiger partial charge in [-0.1, -0.05) is 314 Å². The second-order valence-electron chi connectivity index (χ2n) is 20.8. The molecule has 0 saturated heterocycles. The number of unbranched alkanes of at least 4 members (excludes halogenated alkanes) is 47. The number of aliphatic hydroxyl groups is 2. The molecule has 0 aliphatic carbocycles. The molecule has 0 bridgehead atoms. The number of allylic oxidation sites excluding steroid dienone is 3. The molecule has 0 aliphatic heterocycles. The van der Waals surface area contributed by atoms with E-state index in [1.165, 1.54) is 295 Å². The maximum absolute atomic E-state index is 12.5. The van der Waals surface area contributed by atoms with Crippen molar-refractivity contribution in [1.29, 1.82) is 0 Å². The molecule has 0 spiro atoms. The molecule has 2 unspecified atom stereocenters. The van der Waals surface area contributed by atoms with E-state index in [0.29, 0.717) is 6.42 Å². The van der Waals surface area contributed by atoms with Gasteiger partial charge in [-0.2, -0.15) is 0 Å². The molecule has 0 rings (SSSR count). The van der Waals surface area contributed by atoms with Crippen LogP contribution in [-0.2, 0) is 4.79 Å². The van der Waals surface area contributed by atoms with Gasteiger partial charge in [-0.25, -0.2) is 0 Å². The van der Waals surface area contributed by atoms with Crippen LogP contribution in [0, 0.1) is 0 Å². The highest BCUT2D eigenvalue weighted by atomic mass is 16.3. The maximum Gasteiger partial charge on any atom is 0.220 e. The summed E-state index contributed by atoms with van der Waals surface area (Å²) in [6.07, 6.45) is 76.5. The number of rotatable bonds is 56. The highest BCUT2D eigenvalue weighted by Gasteiger charge is 2.18. The van der Waals surface area contributed by atoms with Gasteiger partial charge in [-0.05, 0) is 44.9 Å². The highest BCUT2D eigenvalue weighted by Crippen LogP contribution is 2.18. The van der Waals surface area contributed by atoms with Gasteiger partial charge in [0.1, 0.15) is 0 Å². The fourth-order valence-corrected chi connectivity index (χ4v) is 9.59. The number of nitrogens with one attached hydrogen (secondary N) is 1. The summed E-state index contributed by atoms with van der Waals surface area (Å²) in [4.78, 5) is 12.5. The third-order valence-electron chi connectivity index (χ3n) is 14.2. The Bertz CT molecular complexity index is 947. The van der Waals surface area contributed by atoms with Crippen molar-refractivity contribution in [2.75, 3.05) is 6.61 Å². The van der Waals surface area contributed by atoms with Gasteiger partial charge in [0.15, 0.2) is 0 Å². The molecule has 2 atom stereocenters. The minimum Gasteiger partial charge on any atom is -0.394 e. The predicted octanol–water partition coefficient (Wildman–Crippen LogP) is 19.9. The Morgan fingerprint density at radius 1 is 0.354 bits per heavy atom. The van der Waals surface area contributed by atoms with Crippen LogP contribution < -0.4 is 5.32 Å². The zero-order valence-electron chi connectivity index (χ0n) is 44.5. The van der Waals surface area contributed by atoms with E-state index < -0.39 is 12.1 Å². The maximum atomic E-state index is 12.5. The molecule has 0 heterocycles. The molecule has 4 nitrogen and oxygen atoms in total. The van der Waals surface area contributed by atoms with Gasteiger partial charge in [-0.3, -0.25) is 4.79 Å². The summed E-state index contributed by atoms with van der Waals surface area (Å²) in [5, 5.41) is 23.2. The smallest absolute Gasteiger partial charge is 0.220 e. The lowest BCUT2D eigenvalue weighted by molar-refractivity contribution is -0.123. The summed E-state index contributed by atoms with van der Waals surface area (Å²) >= 11 is 0.